The second-order valence-corrected chi connectivity index (χ2v) is 7.01. The van der Waals surface area contributed by atoms with Crippen LogP contribution < -0.4 is 5.30 Å². The first-order valence-electron chi connectivity index (χ1n) is 5.52. The van der Waals surface area contributed by atoms with E-state index in [9.17, 15) is 0 Å². The van der Waals surface area contributed by atoms with E-state index in [2.05, 4.69) is 69.0 Å². The van der Waals surface area contributed by atoms with Gasteiger partial charge < -0.3 is 0 Å². The van der Waals surface area contributed by atoms with E-state index in [0.29, 0.717) is 0 Å². The number of hydrogen-bond donors (Lipinski definition) is 0. The van der Waals surface area contributed by atoms with Gasteiger partial charge in [-0.1, -0.05) is 59.7 Å². The van der Waals surface area contributed by atoms with Crippen molar-refractivity contribution in [3.63, 3.8) is 0 Å². The van der Waals surface area contributed by atoms with Crippen molar-refractivity contribution in [2.45, 2.75) is 52.4 Å². The van der Waals surface area contributed by atoms with Crippen LogP contribution >= 0.6 is 9.24 Å². The van der Waals surface area contributed by atoms with Gasteiger partial charge in [0.05, 0.1) is 0 Å². The summed E-state index contributed by atoms with van der Waals surface area (Å²) in [4.78, 5) is 0. The molecule has 1 atom stereocenters. The zero-order chi connectivity index (χ0) is 11.9. The van der Waals surface area contributed by atoms with Crippen LogP contribution in [0.1, 0.15) is 52.7 Å². The van der Waals surface area contributed by atoms with Gasteiger partial charge in [0.25, 0.3) is 0 Å². The smallest absolute Gasteiger partial charge is 0 e. The van der Waals surface area contributed by atoms with Gasteiger partial charge in [-0.2, -0.15) is 0 Å². The zero-order valence-electron chi connectivity index (χ0n) is 11.1. The van der Waals surface area contributed by atoms with Gasteiger partial charge in [0, 0.05) is 20.4 Å². The Bertz CT molecular complexity index is 324. The van der Waals surface area contributed by atoms with Crippen LogP contribution in [0.25, 0.3) is 0 Å². The van der Waals surface area contributed by atoms with Crippen LogP contribution in [-0.4, -0.2) is 0 Å². The Balaban J connectivity index is 0.00000225. The maximum absolute atomic E-state index is 2.81. The van der Waals surface area contributed by atoms with Crippen LogP contribution in [0.2, 0.25) is 0 Å². The molecule has 1 aromatic carbocycles. The molecule has 1 unspecified atom stereocenters. The molecule has 0 aliphatic heterocycles. The van der Waals surface area contributed by atoms with Crippen molar-refractivity contribution in [3.8, 4) is 0 Å². The van der Waals surface area contributed by atoms with Crippen LogP contribution in [0, 0.1) is 0 Å². The van der Waals surface area contributed by atoms with E-state index in [1.807, 2.05) is 0 Å². The number of benzene rings is 1. The van der Waals surface area contributed by atoms with E-state index in [0.717, 1.165) is 0 Å². The summed E-state index contributed by atoms with van der Waals surface area (Å²) in [5.41, 5.74) is 3.29. The summed E-state index contributed by atoms with van der Waals surface area (Å²) < 4.78 is 0. The minimum absolute atomic E-state index is 0. The topological polar surface area (TPSA) is 0 Å². The minimum Gasteiger partial charge on any atom is -0.106 e. The second kappa shape index (κ2) is 5.31. The third kappa shape index (κ3) is 4.29. The van der Waals surface area contributed by atoms with Crippen LogP contribution in [0.5, 0.6) is 0 Å². The van der Waals surface area contributed by atoms with Crippen LogP contribution in [0.3, 0.4) is 0 Å². The molecular weight excluding hydrogens is 306 g/mol. The van der Waals surface area contributed by atoms with E-state index in [1.165, 1.54) is 16.4 Å². The quantitative estimate of drug-likeness (QED) is 0.502. The molecule has 2 heteroatoms. The molecule has 0 amide bonds. The standard InChI is InChI=1S/C14H23P.Pd/c1-13(2,3)10-7-11(14(4,5)6)9-12(15)8-10;/h7-9H,15H2,1-6H3;. The third-order valence-corrected chi connectivity index (χ3v) is 3.02. The largest absolute Gasteiger partial charge is 0.106 e. The Kier molecular flexibility index (Phi) is 5.41. The maximum Gasteiger partial charge on any atom is 0 e. The van der Waals surface area contributed by atoms with Crippen LogP contribution in [0.4, 0.5) is 0 Å². The van der Waals surface area contributed by atoms with Gasteiger partial charge in [0.2, 0.25) is 0 Å². The van der Waals surface area contributed by atoms with Crippen molar-refractivity contribution in [2.75, 3.05) is 0 Å². The van der Waals surface area contributed by atoms with Crippen molar-refractivity contribution in [2.24, 2.45) is 0 Å². The summed E-state index contributed by atoms with van der Waals surface area (Å²) in [5, 5.41) is 1.28. The fraction of sp³-hybridized carbons (Fsp3) is 0.571. The van der Waals surface area contributed by atoms with Crippen molar-refractivity contribution in [1.29, 1.82) is 0 Å². The normalized spacial score (nSPS) is 12.2. The monoisotopic (exact) mass is 328 g/mol. The van der Waals surface area contributed by atoms with Gasteiger partial charge in [-0.05, 0) is 27.3 Å². The summed E-state index contributed by atoms with van der Waals surface area (Å²) in [6.45, 7) is 13.6. The van der Waals surface area contributed by atoms with Crippen molar-refractivity contribution >= 4 is 14.5 Å². The molecule has 0 nitrogen and oxygen atoms in total. The van der Waals surface area contributed by atoms with Gasteiger partial charge in [-0.3, -0.25) is 0 Å². The summed E-state index contributed by atoms with van der Waals surface area (Å²) >= 11 is 0. The summed E-state index contributed by atoms with van der Waals surface area (Å²) in [6, 6.07) is 6.87. The minimum atomic E-state index is 0. The molecule has 1 aromatic rings. The van der Waals surface area contributed by atoms with Crippen LogP contribution in [-0.2, 0) is 31.3 Å². The van der Waals surface area contributed by atoms with Crippen LogP contribution in [0.15, 0.2) is 18.2 Å². The third-order valence-electron chi connectivity index (χ3n) is 2.69. The molecule has 0 saturated heterocycles. The fourth-order valence-corrected chi connectivity index (χ4v) is 1.88. The van der Waals surface area contributed by atoms with E-state index in [4.69, 9.17) is 0 Å². The van der Waals surface area contributed by atoms with Gasteiger partial charge in [0.1, 0.15) is 0 Å². The Morgan fingerprint density at radius 3 is 1.31 bits per heavy atom. The molecule has 94 valence electrons. The summed E-state index contributed by atoms with van der Waals surface area (Å²) in [7, 11) is 2.81. The molecule has 0 heterocycles. The van der Waals surface area contributed by atoms with Gasteiger partial charge in [-0.25, -0.2) is 0 Å². The second-order valence-electron chi connectivity index (χ2n) is 6.34. The molecule has 0 radical (unpaired) electrons. The molecule has 0 fully saturated rings. The van der Waals surface area contributed by atoms with Gasteiger partial charge in [-0.15, -0.1) is 9.24 Å². The zero-order valence-corrected chi connectivity index (χ0v) is 13.8. The molecule has 0 saturated carbocycles. The maximum atomic E-state index is 2.81. The fourth-order valence-electron chi connectivity index (χ4n) is 1.52. The molecule has 1 rings (SSSR count). The van der Waals surface area contributed by atoms with Crippen molar-refractivity contribution in [3.05, 3.63) is 29.3 Å². The van der Waals surface area contributed by atoms with E-state index < -0.39 is 0 Å². The first-order valence-corrected chi connectivity index (χ1v) is 6.10. The molecule has 0 aromatic heterocycles. The average molecular weight is 329 g/mol. The Morgan fingerprint density at radius 1 is 0.750 bits per heavy atom. The average Bonchev–Trinajstić information content (AvgIpc) is 1.99. The van der Waals surface area contributed by atoms with E-state index in [1.54, 1.807) is 0 Å². The Hall–Kier alpha value is 0.312. The van der Waals surface area contributed by atoms with Crippen molar-refractivity contribution < 1.29 is 20.4 Å². The molecule has 0 bridgehead atoms. The van der Waals surface area contributed by atoms with Gasteiger partial charge >= 0.3 is 0 Å². The molecule has 0 aliphatic carbocycles. The predicted octanol–water partition coefficient (Wildman–Crippen LogP) is 3.78. The molecule has 0 aliphatic rings. The summed E-state index contributed by atoms with van der Waals surface area (Å²) in [6.07, 6.45) is 0. The summed E-state index contributed by atoms with van der Waals surface area (Å²) in [5.74, 6) is 0. The molecule has 0 N–H and O–H groups in total. The molecular formula is C14H23PPd. The number of hydrogen-bond acceptors (Lipinski definition) is 0. The first kappa shape index (κ1) is 16.3. The molecule has 16 heavy (non-hydrogen) atoms. The van der Waals surface area contributed by atoms with E-state index in [-0.39, 0.29) is 31.3 Å². The number of rotatable bonds is 0. The van der Waals surface area contributed by atoms with E-state index >= 15 is 0 Å². The predicted molar refractivity (Wildman–Crippen MR) is 73.2 cm³/mol. The Morgan fingerprint density at radius 2 is 1.06 bits per heavy atom. The Labute approximate surface area is 116 Å². The SMILES string of the molecule is CC(C)(C)c1cc(P)cc(C(C)(C)C)c1.[Pd]. The van der Waals surface area contributed by atoms with Gasteiger partial charge in [0.15, 0.2) is 0 Å². The first-order chi connectivity index (χ1) is 6.60. The molecule has 0 spiro atoms. The van der Waals surface area contributed by atoms with Crippen molar-refractivity contribution in [1.82, 2.24) is 0 Å².